The van der Waals surface area contributed by atoms with Crippen LogP contribution in [0.1, 0.15) is 54.4 Å². The molecule has 0 rings (SSSR count). The predicted molar refractivity (Wildman–Crippen MR) is 66.1 cm³/mol. The second-order valence-corrected chi connectivity index (χ2v) is 6.31. The molecule has 0 spiro atoms. The van der Waals surface area contributed by atoms with Gasteiger partial charge in [0.15, 0.2) is 0 Å². The van der Waals surface area contributed by atoms with E-state index in [1.807, 2.05) is 13.8 Å². The lowest BCUT2D eigenvalue weighted by Gasteiger charge is -2.29. The molecule has 0 aromatic rings. The Morgan fingerprint density at radius 3 is 2.12 bits per heavy atom. The Morgan fingerprint density at radius 2 is 1.75 bits per heavy atom. The van der Waals surface area contributed by atoms with E-state index in [1.54, 1.807) is 13.8 Å². The molecule has 0 saturated heterocycles. The number of rotatable bonds is 6. The third-order valence-electron chi connectivity index (χ3n) is 2.33. The maximum absolute atomic E-state index is 11.7. The van der Waals surface area contributed by atoms with Crippen molar-refractivity contribution in [1.82, 2.24) is 5.32 Å². The first-order chi connectivity index (χ1) is 7.08. The van der Waals surface area contributed by atoms with Gasteiger partial charge in [-0.2, -0.15) is 0 Å². The van der Waals surface area contributed by atoms with Crippen LogP contribution in [0, 0.1) is 11.3 Å². The maximum atomic E-state index is 11.7. The van der Waals surface area contributed by atoms with Crippen LogP contribution in [-0.2, 0) is 9.59 Å². The quantitative estimate of drug-likeness (QED) is 0.709. The van der Waals surface area contributed by atoms with E-state index in [0.29, 0.717) is 5.92 Å². The van der Waals surface area contributed by atoms with Crippen molar-refractivity contribution in [2.45, 2.75) is 59.9 Å². The van der Waals surface area contributed by atoms with Gasteiger partial charge in [-0.05, 0) is 26.2 Å². The highest BCUT2D eigenvalue weighted by atomic mass is 16.2. The zero-order chi connectivity index (χ0) is 13.0. The normalized spacial score (nSPS) is 12.7. The number of carbonyl (C=O) groups excluding carboxylic acids is 2. The summed E-state index contributed by atoms with van der Waals surface area (Å²) in [6.45, 7) is 11.8. The molecule has 3 nitrogen and oxygen atoms in total. The molecule has 0 fully saturated rings. The zero-order valence-corrected chi connectivity index (χ0v) is 11.4. The van der Waals surface area contributed by atoms with Gasteiger partial charge in [-0.25, -0.2) is 0 Å². The summed E-state index contributed by atoms with van der Waals surface area (Å²) >= 11 is 0. The highest BCUT2D eigenvalue weighted by Gasteiger charge is 2.26. The van der Waals surface area contributed by atoms with E-state index in [2.05, 4.69) is 19.2 Å². The first-order valence-corrected chi connectivity index (χ1v) is 5.85. The molecule has 0 aromatic heterocycles. The summed E-state index contributed by atoms with van der Waals surface area (Å²) in [5, 5.41) is 2.98. The maximum Gasteiger partial charge on any atom is 0.221 e. The van der Waals surface area contributed by atoms with Crippen molar-refractivity contribution in [1.29, 1.82) is 0 Å². The van der Waals surface area contributed by atoms with Crippen molar-refractivity contribution < 1.29 is 9.59 Å². The molecule has 0 unspecified atom stereocenters. The zero-order valence-electron chi connectivity index (χ0n) is 11.4. The van der Waals surface area contributed by atoms with Crippen LogP contribution in [0.2, 0.25) is 0 Å². The number of amides is 1. The summed E-state index contributed by atoms with van der Waals surface area (Å²) in [4.78, 5) is 22.5. The first kappa shape index (κ1) is 15.1. The molecule has 0 aromatic carbocycles. The molecule has 1 amide bonds. The summed E-state index contributed by atoms with van der Waals surface area (Å²) in [6.07, 6.45) is 2.01. The van der Waals surface area contributed by atoms with Crippen LogP contribution >= 0.6 is 0 Å². The number of aldehydes is 1. The summed E-state index contributed by atoms with van der Waals surface area (Å²) in [7, 11) is 0. The highest BCUT2D eigenvalue weighted by molar-refractivity contribution is 5.80. The van der Waals surface area contributed by atoms with Crippen LogP contribution < -0.4 is 5.32 Å². The van der Waals surface area contributed by atoms with Crippen LogP contribution in [0.25, 0.3) is 0 Å². The van der Waals surface area contributed by atoms with Gasteiger partial charge >= 0.3 is 0 Å². The Balaban J connectivity index is 4.29. The molecule has 16 heavy (non-hydrogen) atoms. The SMILES string of the molecule is CC(C)CC(C)(C)NC(=O)CC(C)(C)C=O. The van der Waals surface area contributed by atoms with Crippen LogP contribution in [-0.4, -0.2) is 17.7 Å². The van der Waals surface area contributed by atoms with Crippen LogP contribution in [0.3, 0.4) is 0 Å². The van der Waals surface area contributed by atoms with Gasteiger partial charge in [-0.15, -0.1) is 0 Å². The van der Waals surface area contributed by atoms with E-state index in [-0.39, 0.29) is 17.9 Å². The van der Waals surface area contributed by atoms with Gasteiger partial charge in [0.2, 0.25) is 5.91 Å². The lowest BCUT2D eigenvalue weighted by Crippen LogP contribution is -2.45. The second kappa shape index (κ2) is 5.46. The summed E-state index contributed by atoms with van der Waals surface area (Å²) in [6, 6.07) is 0. The van der Waals surface area contributed by atoms with Crippen molar-refractivity contribution in [3.8, 4) is 0 Å². The van der Waals surface area contributed by atoms with E-state index in [1.165, 1.54) is 0 Å². The monoisotopic (exact) mass is 227 g/mol. The minimum absolute atomic E-state index is 0.0530. The molecule has 0 aliphatic carbocycles. The fourth-order valence-electron chi connectivity index (χ4n) is 1.95. The fourth-order valence-corrected chi connectivity index (χ4v) is 1.95. The van der Waals surface area contributed by atoms with Gasteiger partial charge in [0.05, 0.1) is 0 Å². The van der Waals surface area contributed by atoms with Crippen molar-refractivity contribution in [2.24, 2.45) is 11.3 Å². The van der Waals surface area contributed by atoms with Gasteiger partial charge in [-0.1, -0.05) is 27.7 Å². The van der Waals surface area contributed by atoms with Crippen molar-refractivity contribution in [2.75, 3.05) is 0 Å². The van der Waals surface area contributed by atoms with E-state index >= 15 is 0 Å². The average Bonchev–Trinajstić information content (AvgIpc) is 1.98. The molecule has 0 atom stereocenters. The van der Waals surface area contributed by atoms with Gasteiger partial charge in [-0.3, -0.25) is 4.79 Å². The van der Waals surface area contributed by atoms with E-state index in [4.69, 9.17) is 0 Å². The third-order valence-corrected chi connectivity index (χ3v) is 2.33. The molecule has 1 N–H and O–H groups in total. The lowest BCUT2D eigenvalue weighted by atomic mass is 9.89. The first-order valence-electron chi connectivity index (χ1n) is 5.85. The largest absolute Gasteiger partial charge is 0.351 e. The van der Waals surface area contributed by atoms with Crippen LogP contribution in [0.15, 0.2) is 0 Å². The lowest BCUT2D eigenvalue weighted by molar-refractivity contribution is -0.128. The van der Waals surface area contributed by atoms with Gasteiger partial charge in [0.1, 0.15) is 6.29 Å². The van der Waals surface area contributed by atoms with Gasteiger partial charge < -0.3 is 10.1 Å². The molecule has 0 heterocycles. The highest BCUT2D eigenvalue weighted by Crippen LogP contribution is 2.19. The van der Waals surface area contributed by atoms with E-state index < -0.39 is 5.41 Å². The van der Waals surface area contributed by atoms with Gasteiger partial charge in [0, 0.05) is 17.4 Å². The molecule has 0 aliphatic heterocycles. The Labute approximate surface area is 99.0 Å². The Kier molecular flexibility index (Phi) is 5.17. The van der Waals surface area contributed by atoms with Gasteiger partial charge in [0.25, 0.3) is 0 Å². The van der Waals surface area contributed by atoms with Crippen molar-refractivity contribution >= 4 is 12.2 Å². The minimum atomic E-state index is -0.571. The number of hydrogen-bond donors (Lipinski definition) is 1. The Morgan fingerprint density at radius 1 is 1.25 bits per heavy atom. The molecule has 0 aliphatic rings. The van der Waals surface area contributed by atoms with Crippen LogP contribution in [0.5, 0.6) is 0 Å². The van der Waals surface area contributed by atoms with E-state index in [0.717, 1.165) is 12.7 Å². The predicted octanol–water partition coefficient (Wildman–Crippen LogP) is 2.54. The summed E-state index contributed by atoms with van der Waals surface area (Å²) in [5.74, 6) is 0.483. The van der Waals surface area contributed by atoms with Crippen molar-refractivity contribution in [3.63, 3.8) is 0 Å². The minimum Gasteiger partial charge on any atom is -0.351 e. The molecular formula is C13H25NO2. The topological polar surface area (TPSA) is 46.2 Å². The molecule has 94 valence electrons. The second-order valence-electron chi connectivity index (χ2n) is 6.31. The fraction of sp³-hybridized carbons (Fsp3) is 0.846. The number of nitrogens with one attached hydrogen (secondary N) is 1. The summed E-state index contributed by atoms with van der Waals surface area (Å²) < 4.78 is 0. The van der Waals surface area contributed by atoms with Crippen LogP contribution in [0.4, 0.5) is 0 Å². The number of carbonyl (C=O) groups is 2. The number of hydrogen-bond acceptors (Lipinski definition) is 2. The molecule has 0 radical (unpaired) electrons. The standard InChI is InChI=1S/C13H25NO2/c1-10(2)7-13(5,6)14-11(16)8-12(3,4)9-15/h9-10H,7-8H2,1-6H3,(H,14,16). The van der Waals surface area contributed by atoms with Crippen molar-refractivity contribution in [3.05, 3.63) is 0 Å². The Bertz CT molecular complexity index is 255. The third kappa shape index (κ3) is 6.59. The Hall–Kier alpha value is -0.860. The molecular weight excluding hydrogens is 202 g/mol. The molecule has 0 bridgehead atoms. The summed E-state index contributed by atoms with van der Waals surface area (Å²) in [5.41, 5.74) is -0.776. The molecule has 0 saturated carbocycles. The van der Waals surface area contributed by atoms with E-state index in [9.17, 15) is 9.59 Å². The average molecular weight is 227 g/mol. The smallest absolute Gasteiger partial charge is 0.221 e. The molecule has 3 heteroatoms.